The molecule has 0 fully saturated rings. The SMILES string of the molecule is O=C(Cc1ccc(Cl)cc1)Nc1ccc2[nH]c(-c3cscn3)nc2c1. The number of carbonyl (C=O) groups is 1. The minimum atomic E-state index is -0.0862. The molecule has 1 amide bonds. The molecule has 5 nitrogen and oxygen atoms in total. The number of aromatic amines is 1. The molecule has 2 aromatic heterocycles. The van der Waals surface area contributed by atoms with Gasteiger partial charge in [0, 0.05) is 16.1 Å². The zero-order chi connectivity index (χ0) is 17.2. The molecule has 2 aromatic carbocycles. The molecule has 0 radical (unpaired) electrons. The van der Waals surface area contributed by atoms with Gasteiger partial charge >= 0.3 is 0 Å². The maximum Gasteiger partial charge on any atom is 0.228 e. The highest BCUT2D eigenvalue weighted by Crippen LogP contribution is 2.23. The number of anilines is 1. The number of rotatable bonds is 4. The minimum Gasteiger partial charge on any atom is -0.337 e. The van der Waals surface area contributed by atoms with Crippen molar-refractivity contribution in [2.75, 3.05) is 5.32 Å². The average molecular weight is 369 g/mol. The summed E-state index contributed by atoms with van der Waals surface area (Å²) in [5.41, 5.74) is 5.89. The van der Waals surface area contributed by atoms with E-state index in [2.05, 4.69) is 20.3 Å². The van der Waals surface area contributed by atoms with Gasteiger partial charge < -0.3 is 10.3 Å². The molecule has 25 heavy (non-hydrogen) atoms. The van der Waals surface area contributed by atoms with E-state index in [1.165, 1.54) is 11.3 Å². The van der Waals surface area contributed by atoms with E-state index in [0.717, 1.165) is 28.1 Å². The van der Waals surface area contributed by atoms with Crippen LogP contribution < -0.4 is 5.32 Å². The van der Waals surface area contributed by atoms with Gasteiger partial charge in [0.2, 0.25) is 5.91 Å². The van der Waals surface area contributed by atoms with E-state index in [1.807, 2.05) is 35.7 Å². The van der Waals surface area contributed by atoms with Gasteiger partial charge in [0.15, 0.2) is 5.82 Å². The first-order valence-electron chi connectivity index (χ1n) is 7.60. The number of hydrogen-bond acceptors (Lipinski definition) is 4. The molecule has 124 valence electrons. The number of fused-ring (bicyclic) bond motifs is 1. The van der Waals surface area contributed by atoms with Crippen LogP contribution in [0.25, 0.3) is 22.6 Å². The monoisotopic (exact) mass is 368 g/mol. The number of thiazole rings is 1. The van der Waals surface area contributed by atoms with Crippen LogP contribution in [0.3, 0.4) is 0 Å². The van der Waals surface area contributed by atoms with Crippen molar-refractivity contribution < 1.29 is 4.79 Å². The van der Waals surface area contributed by atoms with Crippen molar-refractivity contribution >= 4 is 45.6 Å². The first-order valence-corrected chi connectivity index (χ1v) is 8.92. The van der Waals surface area contributed by atoms with Crippen LogP contribution in [0.5, 0.6) is 0 Å². The van der Waals surface area contributed by atoms with Crippen molar-refractivity contribution in [1.82, 2.24) is 15.0 Å². The molecule has 0 bridgehead atoms. The van der Waals surface area contributed by atoms with Gasteiger partial charge in [0.05, 0.1) is 23.0 Å². The van der Waals surface area contributed by atoms with Crippen LogP contribution in [0.4, 0.5) is 5.69 Å². The third kappa shape index (κ3) is 3.55. The van der Waals surface area contributed by atoms with E-state index >= 15 is 0 Å². The maximum absolute atomic E-state index is 12.2. The predicted molar refractivity (Wildman–Crippen MR) is 101 cm³/mol. The zero-order valence-corrected chi connectivity index (χ0v) is 14.6. The summed E-state index contributed by atoms with van der Waals surface area (Å²) in [5.74, 6) is 0.637. The van der Waals surface area contributed by atoms with Crippen molar-refractivity contribution in [2.24, 2.45) is 0 Å². The van der Waals surface area contributed by atoms with Crippen molar-refractivity contribution in [3.8, 4) is 11.5 Å². The van der Waals surface area contributed by atoms with Crippen molar-refractivity contribution in [2.45, 2.75) is 6.42 Å². The molecule has 0 aliphatic heterocycles. The number of hydrogen-bond donors (Lipinski definition) is 2. The summed E-state index contributed by atoms with van der Waals surface area (Å²) in [5, 5.41) is 5.50. The number of aromatic nitrogens is 3. The van der Waals surface area contributed by atoms with Crippen LogP contribution >= 0.6 is 22.9 Å². The van der Waals surface area contributed by atoms with Gasteiger partial charge in [-0.15, -0.1) is 11.3 Å². The lowest BCUT2D eigenvalue weighted by molar-refractivity contribution is -0.115. The van der Waals surface area contributed by atoms with Gasteiger partial charge in [-0.3, -0.25) is 4.79 Å². The fraction of sp³-hybridized carbons (Fsp3) is 0.0556. The summed E-state index contributed by atoms with van der Waals surface area (Å²) >= 11 is 7.38. The standard InChI is InChI=1S/C18H13ClN4OS/c19-12-3-1-11(2-4-12)7-17(24)21-13-5-6-14-15(8-13)23-18(22-14)16-9-25-10-20-16/h1-6,8-10H,7H2,(H,21,24)(H,22,23). The second-order valence-electron chi connectivity index (χ2n) is 5.54. The topological polar surface area (TPSA) is 70.7 Å². The number of halogens is 1. The summed E-state index contributed by atoms with van der Waals surface area (Å²) in [6, 6.07) is 12.8. The van der Waals surface area contributed by atoms with Crippen molar-refractivity contribution in [3.63, 3.8) is 0 Å². The lowest BCUT2D eigenvalue weighted by atomic mass is 10.1. The lowest BCUT2D eigenvalue weighted by Crippen LogP contribution is -2.14. The smallest absolute Gasteiger partial charge is 0.228 e. The molecule has 2 N–H and O–H groups in total. The van der Waals surface area contributed by atoms with Gasteiger partial charge in [-0.1, -0.05) is 23.7 Å². The highest BCUT2D eigenvalue weighted by atomic mass is 35.5. The molecule has 4 rings (SSSR count). The van der Waals surface area contributed by atoms with Gasteiger partial charge in [-0.2, -0.15) is 0 Å². The fourth-order valence-electron chi connectivity index (χ4n) is 2.53. The minimum absolute atomic E-state index is 0.0862. The Bertz CT molecular complexity index is 1030. The highest BCUT2D eigenvalue weighted by Gasteiger charge is 2.09. The molecule has 0 aliphatic rings. The summed E-state index contributed by atoms with van der Waals surface area (Å²) in [4.78, 5) is 24.2. The van der Waals surface area contributed by atoms with Crippen LogP contribution in [0.15, 0.2) is 53.4 Å². The Balaban J connectivity index is 1.51. The highest BCUT2D eigenvalue weighted by molar-refractivity contribution is 7.07. The number of benzene rings is 2. The first-order chi connectivity index (χ1) is 12.2. The molecular weight excluding hydrogens is 356 g/mol. The molecule has 0 saturated carbocycles. The van der Waals surface area contributed by atoms with E-state index in [0.29, 0.717) is 17.1 Å². The van der Waals surface area contributed by atoms with E-state index in [4.69, 9.17) is 11.6 Å². The van der Waals surface area contributed by atoms with Crippen LogP contribution in [-0.4, -0.2) is 20.9 Å². The number of nitrogens with one attached hydrogen (secondary N) is 2. The molecule has 0 spiro atoms. The Hall–Kier alpha value is -2.70. The Morgan fingerprint density at radius 2 is 2.04 bits per heavy atom. The van der Waals surface area contributed by atoms with Gasteiger partial charge in [-0.05, 0) is 35.9 Å². The third-order valence-corrected chi connectivity index (χ3v) is 4.56. The largest absolute Gasteiger partial charge is 0.337 e. The Labute approximate surface area is 152 Å². The van der Waals surface area contributed by atoms with Crippen LogP contribution in [-0.2, 0) is 11.2 Å². The third-order valence-electron chi connectivity index (χ3n) is 3.72. The van der Waals surface area contributed by atoms with Crippen molar-refractivity contribution in [3.05, 3.63) is 63.9 Å². The maximum atomic E-state index is 12.2. The normalized spacial score (nSPS) is 10.9. The Morgan fingerprint density at radius 3 is 2.80 bits per heavy atom. The number of amides is 1. The van der Waals surface area contributed by atoms with Gasteiger partial charge in [0.1, 0.15) is 5.69 Å². The molecule has 7 heteroatoms. The molecule has 0 saturated heterocycles. The number of imidazole rings is 1. The molecule has 4 aromatic rings. The molecule has 2 heterocycles. The van der Waals surface area contributed by atoms with Crippen molar-refractivity contribution in [1.29, 1.82) is 0 Å². The Kier molecular flexibility index (Phi) is 4.21. The molecule has 0 atom stereocenters. The quantitative estimate of drug-likeness (QED) is 0.556. The van der Waals surface area contributed by atoms with Gasteiger partial charge in [0.25, 0.3) is 0 Å². The summed E-state index contributed by atoms with van der Waals surface area (Å²) < 4.78 is 0. The zero-order valence-electron chi connectivity index (χ0n) is 13.0. The molecular formula is C18H13ClN4OS. The van der Waals surface area contributed by atoms with Crippen LogP contribution in [0, 0.1) is 0 Å². The van der Waals surface area contributed by atoms with E-state index in [1.54, 1.807) is 17.6 Å². The van der Waals surface area contributed by atoms with Gasteiger partial charge in [-0.25, -0.2) is 9.97 Å². The number of carbonyl (C=O) groups excluding carboxylic acids is 1. The second-order valence-corrected chi connectivity index (χ2v) is 6.70. The molecule has 0 aliphatic carbocycles. The average Bonchev–Trinajstić information content (AvgIpc) is 3.25. The van der Waals surface area contributed by atoms with E-state index < -0.39 is 0 Å². The molecule has 0 unspecified atom stereocenters. The predicted octanol–water partition coefficient (Wildman–Crippen LogP) is 4.52. The van der Waals surface area contributed by atoms with Crippen LogP contribution in [0.2, 0.25) is 5.02 Å². The second kappa shape index (κ2) is 6.66. The fourth-order valence-corrected chi connectivity index (χ4v) is 3.19. The van der Waals surface area contributed by atoms with Crippen LogP contribution in [0.1, 0.15) is 5.56 Å². The summed E-state index contributed by atoms with van der Waals surface area (Å²) in [6.07, 6.45) is 0.292. The Morgan fingerprint density at radius 1 is 1.20 bits per heavy atom. The number of H-pyrrole nitrogens is 1. The lowest BCUT2D eigenvalue weighted by Gasteiger charge is -2.05. The summed E-state index contributed by atoms with van der Waals surface area (Å²) in [6.45, 7) is 0. The number of nitrogens with zero attached hydrogens (tertiary/aromatic N) is 2. The van der Waals surface area contributed by atoms with E-state index in [-0.39, 0.29) is 5.91 Å². The van der Waals surface area contributed by atoms with E-state index in [9.17, 15) is 4.79 Å². The summed E-state index contributed by atoms with van der Waals surface area (Å²) in [7, 11) is 0. The first kappa shape index (κ1) is 15.8.